The van der Waals surface area contributed by atoms with Crippen molar-refractivity contribution in [3.8, 4) is 11.5 Å². The van der Waals surface area contributed by atoms with Gasteiger partial charge in [0.15, 0.2) is 0 Å². The van der Waals surface area contributed by atoms with Gasteiger partial charge in [-0.1, -0.05) is 56.3 Å². The molecule has 5 N–H and O–H groups in total. The Morgan fingerprint density at radius 2 is 1.56 bits per heavy atom. The minimum absolute atomic E-state index is 0. The molecule has 1 aromatic heterocycles. The predicted octanol–water partition coefficient (Wildman–Crippen LogP) is 4.19. The second-order valence-electron chi connectivity index (χ2n) is 6.64. The molecule has 0 aliphatic heterocycles. The number of aromatic hydroxyl groups is 2. The predicted molar refractivity (Wildman–Crippen MR) is 124 cm³/mol. The van der Waals surface area contributed by atoms with E-state index in [2.05, 4.69) is 42.0 Å². The standard InChI is InChI=1S/C7H9.C6H8N3O.2C6H6O.Zr/c1-6-3-4-7(2)5-6;7-5(3-10)1-6-2-8-4-9-6;2*7-6-4-2-1-3-5-6;/h3-5H,1-2H3;2,4-5H,1,7H2,(H,8,9);2*1-5,7H;/q2*-1;;;+2/t;5-;;;/m.0.../s1. The summed E-state index contributed by atoms with van der Waals surface area (Å²) >= 11 is 0. The SMILES string of the molecule is Cc1cc[c-](C)c1.N[C@H]([C-]=O)Cc1cnc[nH]1.Oc1ccccc1.Oc1ccccc1.[Zr+2]. The van der Waals surface area contributed by atoms with Crippen molar-refractivity contribution in [2.75, 3.05) is 0 Å². The minimum atomic E-state index is -0.541. The molecular formula is C25H29N3O3Zr. The molecule has 166 valence electrons. The van der Waals surface area contributed by atoms with Crippen LogP contribution in [0.3, 0.4) is 0 Å². The summed E-state index contributed by atoms with van der Waals surface area (Å²) in [5.41, 5.74) is 8.87. The number of nitrogens with two attached hydrogens (primary N) is 1. The van der Waals surface area contributed by atoms with E-state index in [1.54, 1.807) is 67.3 Å². The molecule has 1 atom stereocenters. The molecule has 3 aromatic carbocycles. The molecule has 4 aromatic rings. The molecule has 1 heterocycles. The normalized spacial score (nSPS) is 9.84. The van der Waals surface area contributed by atoms with E-state index in [9.17, 15) is 4.79 Å². The Morgan fingerprint density at radius 3 is 1.81 bits per heavy atom. The van der Waals surface area contributed by atoms with Gasteiger partial charge in [-0.2, -0.15) is 17.7 Å². The Morgan fingerprint density at radius 1 is 1.03 bits per heavy atom. The quantitative estimate of drug-likeness (QED) is 0.309. The fourth-order valence-electron chi connectivity index (χ4n) is 2.25. The number of para-hydroxylation sites is 2. The average molecular weight is 511 g/mol. The molecule has 0 radical (unpaired) electrons. The molecular weight excluding hydrogens is 482 g/mol. The number of aromatic nitrogens is 2. The van der Waals surface area contributed by atoms with Crippen LogP contribution in [0.1, 0.15) is 16.8 Å². The molecule has 0 amide bonds. The van der Waals surface area contributed by atoms with Crippen LogP contribution in [0.25, 0.3) is 0 Å². The smallest absolute Gasteiger partial charge is 0.540 e. The van der Waals surface area contributed by atoms with Crippen LogP contribution in [-0.4, -0.2) is 32.5 Å². The Kier molecular flexibility index (Phi) is 16.2. The van der Waals surface area contributed by atoms with Crippen LogP contribution in [0.15, 0.2) is 91.4 Å². The molecule has 0 spiro atoms. The third-order valence-corrected chi connectivity index (χ3v) is 3.72. The molecule has 0 fully saturated rings. The fraction of sp³-hybridized carbons (Fsp3) is 0.160. The van der Waals surface area contributed by atoms with Crippen LogP contribution in [-0.2, 0) is 37.4 Å². The summed E-state index contributed by atoms with van der Waals surface area (Å²) in [5, 5.41) is 17.3. The maximum absolute atomic E-state index is 9.95. The number of nitrogens with one attached hydrogen (secondary N) is 1. The van der Waals surface area contributed by atoms with Gasteiger partial charge in [-0.25, -0.2) is 22.9 Å². The van der Waals surface area contributed by atoms with Gasteiger partial charge in [0.1, 0.15) is 11.5 Å². The number of carbonyl (C=O) groups excluding carboxylic acids is 1. The number of aromatic amines is 1. The van der Waals surface area contributed by atoms with Crippen molar-refractivity contribution in [3.63, 3.8) is 0 Å². The number of H-pyrrole nitrogens is 1. The number of aryl methyl sites for hydroxylation is 2. The van der Waals surface area contributed by atoms with Gasteiger partial charge < -0.3 is 25.7 Å². The second-order valence-corrected chi connectivity index (χ2v) is 6.64. The van der Waals surface area contributed by atoms with E-state index < -0.39 is 6.04 Å². The summed E-state index contributed by atoms with van der Waals surface area (Å²) in [6.45, 7) is 4.21. The second kappa shape index (κ2) is 17.8. The van der Waals surface area contributed by atoms with Gasteiger partial charge in [0.25, 0.3) is 0 Å². The largest absolute Gasteiger partial charge is 2.00 e. The summed E-state index contributed by atoms with van der Waals surface area (Å²) in [6, 6.07) is 23.3. The average Bonchev–Trinajstić information content (AvgIpc) is 3.41. The van der Waals surface area contributed by atoms with E-state index >= 15 is 0 Å². The van der Waals surface area contributed by atoms with Gasteiger partial charge in [-0.15, -0.1) is 0 Å². The first-order valence-corrected chi connectivity index (χ1v) is 9.69. The molecule has 32 heavy (non-hydrogen) atoms. The van der Waals surface area contributed by atoms with E-state index in [1.165, 1.54) is 11.1 Å². The number of rotatable bonds is 3. The Bertz CT molecular complexity index is 889. The summed E-state index contributed by atoms with van der Waals surface area (Å²) in [4.78, 5) is 16.5. The van der Waals surface area contributed by atoms with Gasteiger partial charge >= 0.3 is 26.2 Å². The fourth-order valence-corrected chi connectivity index (χ4v) is 2.25. The first-order valence-electron chi connectivity index (χ1n) is 9.69. The van der Waals surface area contributed by atoms with Crippen molar-refractivity contribution in [2.45, 2.75) is 26.3 Å². The van der Waals surface area contributed by atoms with Crippen LogP contribution >= 0.6 is 0 Å². The van der Waals surface area contributed by atoms with E-state index in [4.69, 9.17) is 15.9 Å². The minimum Gasteiger partial charge on any atom is -0.540 e. The molecule has 6 nitrogen and oxygen atoms in total. The summed E-state index contributed by atoms with van der Waals surface area (Å²) < 4.78 is 0. The maximum Gasteiger partial charge on any atom is 2.00 e. The molecule has 0 saturated heterocycles. The zero-order valence-electron chi connectivity index (χ0n) is 18.3. The van der Waals surface area contributed by atoms with Crippen molar-refractivity contribution in [1.29, 1.82) is 0 Å². The van der Waals surface area contributed by atoms with Crippen LogP contribution < -0.4 is 5.73 Å². The van der Waals surface area contributed by atoms with Crippen LogP contribution in [0.5, 0.6) is 11.5 Å². The van der Waals surface area contributed by atoms with Gasteiger partial charge in [0, 0.05) is 11.9 Å². The van der Waals surface area contributed by atoms with Gasteiger partial charge in [-0.05, 0) is 30.7 Å². The van der Waals surface area contributed by atoms with Crippen molar-refractivity contribution in [1.82, 2.24) is 9.97 Å². The first kappa shape index (κ1) is 29.1. The molecule has 7 heteroatoms. The number of benzene rings is 2. The molecule has 0 aliphatic carbocycles. The zero-order valence-corrected chi connectivity index (χ0v) is 20.7. The Labute approximate surface area is 208 Å². The van der Waals surface area contributed by atoms with Gasteiger partial charge in [-0.3, -0.25) is 0 Å². The van der Waals surface area contributed by atoms with Gasteiger partial charge in [0.2, 0.25) is 0 Å². The van der Waals surface area contributed by atoms with Crippen molar-refractivity contribution in [3.05, 3.63) is 108 Å². The number of nitrogens with zero attached hydrogens (tertiary/aromatic N) is 1. The summed E-state index contributed by atoms with van der Waals surface area (Å²) in [5.74, 6) is 0.644. The number of hydrogen-bond donors (Lipinski definition) is 4. The number of phenolic OH excluding ortho intramolecular Hbond substituents is 2. The summed E-state index contributed by atoms with van der Waals surface area (Å²) in [7, 11) is 0. The van der Waals surface area contributed by atoms with Crippen LogP contribution in [0.4, 0.5) is 0 Å². The number of imidazole rings is 1. The molecule has 0 saturated carbocycles. The van der Waals surface area contributed by atoms with Crippen LogP contribution in [0, 0.1) is 13.8 Å². The van der Waals surface area contributed by atoms with Crippen molar-refractivity contribution in [2.24, 2.45) is 5.73 Å². The number of phenols is 2. The van der Waals surface area contributed by atoms with Crippen LogP contribution in [0.2, 0.25) is 0 Å². The summed E-state index contributed by atoms with van der Waals surface area (Å²) in [6.07, 6.45) is 5.34. The first-order chi connectivity index (χ1) is 14.9. The van der Waals surface area contributed by atoms with E-state index in [1.807, 2.05) is 12.1 Å². The maximum atomic E-state index is 9.95. The van der Waals surface area contributed by atoms with Gasteiger partial charge in [0.05, 0.1) is 6.33 Å². The third kappa shape index (κ3) is 15.0. The Balaban J connectivity index is 0.000000401. The van der Waals surface area contributed by atoms with E-state index in [-0.39, 0.29) is 26.2 Å². The molecule has 0 aliphatic rings. The number of hydrogen-bond acceptors (Lipinski definition) is 5. The van der Waals surface area contributed by atoms with E-state index in [0.717, 1.165) is 5.69 Å². The molecule has 0 unspecified atom stereocenters. The Hall–Kier alpha value is -2.89. The van der Waals surface area contributed by atoms with Crippen molar-refractivity contribution >= 4 is 6.29 Å². The van der Waals surface area contributed by atoms with Crippen molar-refractivity contribution < 1.29 is 41.2 Å². The topological polar surface area (TPSA) is 112 Å². The molecule has 0 bridgehead atoms. The monoisotopic (exact) mass is 509 g/mol. The third-order valence-electron chi connectivity index (χ3n) is 3.72. The van der Waals surface area contributed by atoms with E-state index in [0.29, 0.717) is 17.9 Å². The zero-order chi connectivity index (χ0) is 22.9. The molecule has 4 rings (SSSR count).